The number of ether oxygens (including phenoxy) is 2. The first-order valence-electron chi connectivity index (χ1n) is 15.0. The Kier molecular flexibility index (Phi) is 17.4. The molecule has 40 heavy (non-hydrogen) atoms. The fraction of sp³-hybridized carbons (Fsp3) is 0.588. The van der Waals surface area contributed by atoms with Crippen LogP contribution in [0.3, 0.4) is 0 Å². The first-order chi connectivity index (χ1) is 19.5. The van der Waals surface area contributed by atoms with Gasteiger partial charge < -0.3 is 19.7 Å². The van der Waals surface area contributed by atoms with Crippen molar-refractivity contribution < 1.29 is 28.5 Å². The average molecular weight is 561 g/mol. The Labute approximate surface area is 240 Å². The van der Waals surface area contributed by atoms with Crippen LogP contribution in [0.4, 0.5) is 8.78 Å². The maximum absolute atomic E-state index is 12.6. The van der Waals surface area contributed by atoms with Gasteiger partial charge >= 0.3 is 0 Å². The maximum atomic E-state index is 12.6. The van der Waals surface area contributed by atoms with E-state index in [9.17, 15) is 19.0 Å². The van der Waals surface area contributed by atoms with E-state index in [2.05, 4.69) is 37.4 Å². The number of rotatable bonds is 23. The molecule has 0 amide bonds. The van der Waals surface area contributed by atoms with Gasteiger partial charge in [0.05, 0.1) is 45.9 Å². The third kappa shape index (κ3) is 12.9. The van der Waals surface area contributed by atoms with Gasteiger partial charge in [0, 0.05) is 6.42 Å². The summed E-state index contributed by atoms with van der Waals surface area (Å²) < 4.78 is 37.4. The highest BCUT2D eigenvalue weighted by Gasteiger charge is 2.20. The molecule has 1 unspecified atom stereocenters. The molecule has 0 spiro atoms. The number of hydrogen-bond donors (Lipinski definition) is 2. The summed E-state index contributed by atoms with van der Waals surface area (Å²) in [5.41, 5.74) is 6.30. The van der Waals surface area contributed by atoms with Gasteiger partial charge in [0.2, 0.25) is 0 Å². The molecule has 1 aliphatic rings. The summed E-state index contributed by atoms with van der Waals surface area (Å²) in [5.74, 6) is 0.771. The third-order valence-electron chi connectivity index (χ3n) is 7.29. The van der Waals surface area contributed by atoms with E-state index in [-0.39, 0.29) is 32.7 Å². The fourth-order valence-electron chi connectivity index (χ4n) is 4.81. The molecule has 0 heterocycles. The highest BCUT2D eigenvalue weighted by Crippen LogP contribution is 2.37. The summed E-state index contributed by atoms with van der Waals surface area (Å²) in [5, 5.41) is 18.5. The predicted molar refractivity (Wildman–Crippen MR) is 161 cm³/mol. The number of hydrogen-bond acceptors (Lipinski definition) is 4. The molecule has 0 aromatic heterocycles. The second kappa shape index (κ2) is 20.6. The zero-order valence-corrected chi connectivity index (χ0v) is 24.3. The fourth-order valence-corrected chi connectivity index (χ4v) is 4.81. The molecule has 1 atom stereocenters. The molecule has 2 N–H and O–H groups in total. The third-order valence-corrected chi connectivity index (χ3v) is 7.29. The van der Waals surface area contributed by atoms with Crippen LogP contribution in [0.25, 0.3) is 5.57 Å². The summed E-state index contributed by atoms with van der Waals surface area (Å²) in [4.78, 5) is 0. The van der Waals surface area contributed by atoms with Crippen molar-refractivity contribution in [2.75, 3.05) is 39.8 Å². The van der Waals surface area contributed by atoms with Crippen molar-refractivity contribution in [1.29, 1.82) is 0 Å². The monoisotopic (exact) mass is 560 g/mol. The highest BCUT2D eigenvalue weighted by atomic mass is 19.1. The Balaban J connectivity index is 2.30. The SMILES string of the molecule is C=C(CO)CCOc1ccc(CCCCCCF)c(C2=CC(OCCC(=C)CO)CC=C2CCCCCCF)c1. The Morgan fingerprint density at radius 3 is 2.10 bits per heavy atom. The minimum Gasteiger partial charge on any atom is -0.493 e. The van der Waals surface area contributed by atoms with Gasteiger partial charge in [-0.1, -0.05) is 51.0 Å². The minimum atomic E-state index is -0.264. The number of aliphatic hydroxyl groups is 2. The molecule has 0 fully saturated rings. The van der Waals surface area contributed by atoms with Crippen LogP contribution in [0, 0.1) is 0 Å². The minimum absolute atomic E-state index is 0.0330. The number of halogens is 2. The van der Waals surface area contributed by atoms with Crippen molar-refractivity contribution in [3.63, 3.8) is 0 Å². The normalized spacial score (nSPS) is 15.1. The summed E-state index contributed by atoms with van der Waals surface area (Å²) in [7, 11) is 0. The van der Waals surface area contributed by atoms with Crippen molar-refractivity contribution in [1.82, 2.24) is 0 Å². The van der Waals surface area contributed by atoms with Crippen molar-refractivity contribution >= 4 is 5.57 Å². The molecule has 1 aromatic carbocycles. The van der Waals surface area contributed by atoms with E-state index in [4.69, 9.17) is 9.47 Å². The first kappa shape index (κ1) is 33.9. The number of benzene rings is 1. The van der Waals surface area contributed by atoms with Crippen LogP contribution in [0.5, 0.6) is 5.75 Å². The summed E-state index contributed by atoms with van der Waals surface area (Å²) in [6.45, 7) is 8.04. The zero-order chi connectivity index (χ0) is 29.0. The van der Waals surface area contributed by atoms with Crippen LogP contribution in [-0.2, 0) is 11.2 Å². The summed E-state index contributed by atoms with van der Waals surface area (Å²) >= 11 is 0. The second-order valence-corrected chi connectivity index (χ2v) is 10.6. The largest absolute Gasteiger partial charge is 0.493 e. The number of unbranched alkanes of at least 4 members (excludes halogenated alkanes) is 6. The molecule has 1 aromatic rings. The predicted octanol–water partition coefficient (Wildman–Crippen LogP) is 8.03. The van der Waals surface area contributed by atoms with Crippen LogP contribution < -0.4 is 4.74 Å². The van der Waals surface area contributed by atoms with E-state index in [0.717, 1.165) is 85.8 Å². The summed E-state index contributed by atoms with van der Waals surface area (Å²) in [6.07, 6.45) is 15.2. The lowest BCUT2D eigenvalue weighted by Gasteiger charge is -2.25. The molecule has 0 bridgehead atoms. The second-order valence-electron chi connectivity index (χ2n) is 10.6. The number of aryl methyl sites for hydroxylation is 1. The van der Waals surface area contributed by atoms with E-state index in [1.54, 1.807) is 0 Å². The zero-order valence-electron chi connectivity index (χ0n) is 24.3. The van der Waals surface area contributed by atoms with E-state index >= 15 is 0 Å². The molecule has 1 aliphatic carbocycles. The van der Waals surface area contributed by atoms with Crippen LogP contribution in [0.1, 0.15) is 88.2 Å². The van der Waals surface area contributed by atoms with Crippen LogP contribution in [0.2, 0.25) is 0 Å². The van der Waals surface area contributed by atoms with Crippen LogP contribution in [0.15, 0.2) is 60.2 Å². The van der Waals surface area contributed by atoms with Crippen molar-refractivity contribution in [2.24, 2.45) is 0 Å². The smallest absolute Gasteiger partial charge is 0.119 e. The topological polar surface area (TPSA) is 58.9 Å². The van der Waals surface area contributed by atoms with Gasteiger partial charge in [-0.25, -0.2) is 0 Å². The van der Waals surface area contributed by atoms with Gasteiger partial charge in [0.1, 0.15) is 5.75 Å². The molecule has 4 nitrogen and oxygen atoms in total. The van der Waals surface area contributed by atoms with Gasteiger partial charge in [-0.15, -0.1) is 0 Å². The lowest BCUT2D eigenvalue weighted by atomic mass is 9.84. The molecule has 0 saturated carbocycles. The van der Waals surface area contributed by atoms with Crippen LogP contribution in [-0.4, -0.2) is 56.1 Å². The molecule has 0 aliphatic heterocycles. The lowest BCUT2D eigenvalue weighted by molar-refractivity contribution is 0.0877. The quantitative estimate of drug-likeness (QED) is 0.105. The van der Waals surface area contributed by atoms with Gasteiger partial charge in [0.15, 0.2) is 0 Å². The van der Waals surface area contributed by atoms with Gasteiger partial charge in [-0.3, -0.25) is 8.78 Å². The maximum Gasteiger partial charge on any atom is 0.119 e. The van der Waals surface area contributed by atoms with Crippen molar-refractivity contribution in [3.05, 3.63) is 71.4 Å². The average Bonchev–Trinajstić information content (AvgIpc) is 2.97. The van der Waals surface area contributed by atoms with E-state index in [0.29, 0.717) is 38.9 Å². The Hall–Kier alpha value is -2.28. The summed E-state index contributed by atoms with van der Waals surface area (Å²) in [6, 6.07) is 6.24. The first-order valence-corrected chi connectivity index (χ1v) is 15.0. The van der Waals surface area contributed by atoms with Crippen molar-refractivity contribution in [3.8, 4) is 5.75 Å². The van der Waals surface area contributed by atoms with Gasteiger partial charge in [-0.05, 0) is 103 Å². The van der Waals surface area contributed by atoms with Crippen molar-refractivity contribution in [2.45, 2.75) is 89.6 Å². The molecule has 0 radical (unpaired) electrons. The molecule has 2 rings (SSSR count). The van der Waals surface area contributed by atoms with E-state index in [1.807, 2.05) is 6.07 Å². The van der Waals surface area contributed by atoms with Gasteiger partial charge in [-0.2, -0.15) is 0 Å². The Bertz CT molecular complexity index is 953. The molecule has 224 valence electrons. The van der Waals surface area contributed by atoms with E-state index in [1.165, 1.54) is 11.1 Å². The lowest BCUT2D eigenvalue weighted by Crippen LogP contribution is -2.16. The highest BCUT2D eigenvalue weighted by molar-refractivity contribution is 5.82. The Morgan fingerprint density at radius 1 is 0.825 bits per heavy atom. The number of alkyl halides is 2. The van der Waals surface area contributed by atoms with E-state index < -0.39 is 0 Å². The standard InChI is InChI=1S/C34H50F2O4/c1-27(25-37)17-21-39-31-15-13-29(11-7-3-5-9-19-35)33(23-31)34-24-32(40-22-18-28(2)26-38)16-14-30(34)12-8-4-6-10-20-36/h13-15,23-24,32,37-38H,1-12,16-22,25-26H2. The molecule has 6 heteroatoms. The molecular weight excluding hydrogens is 510 g/mol. The Morgan fingerprint density at radius 2 is 1.45 bits per heavy atom. The number of allylic oxidation sites excluding steroid dienone is 2. The van der Waals surface area contributed by atoms with Gasteiger partial charge in [0.25, 0.3) is 0 Å². The molecule has 0 saturated heterocycles. The molecular formula is C34H50F2O4. The number of aliphatic hydroxyl groups excluding tert-OH is 2. The van der Waals surface area contributed by atoms with Crippen LogP contribution >= 0.6 is 0 Å².